The number of imide groups is 1. The van der Waals surface area contributed by atoms with Gasteiger partial charge in [-0.05, 0) is 30.5 Å². The van der Waals surface area contributed by atoms with Crippen LogP contribution in [-0.2, 0) is 16.0 Å². The number of hydrogen-bond donors (Lipinski definition) is 0. The molecule has 2 heterocycles. The van der Waals surface area contributed by atoms with Crippen LogP contribution < -0.4 is 9.64 Å². The largest absolute Gasteiger partial charge is 0.496 e. The monoisotopic (exact) mass is 376 g/mol. The van der Waals surface area contributed by atoms with Crippen molar-refractivity contribution in [3.8, 4) is 5.75 Å². The Morgan fingerprint density at radius 2 is 1.75 bits per heavy atom. The van der Waals surface area contributed by atoms with Crippen LogP contribution in [0, 0.1) is 0 Å². The highest BCUT2D eigenvalue weighted by atomic mass is 16.5. The van der Waals surface area contributed by atoms with Crippen molar-refractivity contribution in [1.82, 2.24) is 4.90 Å². The number of carbonyl (C=O) groups excluding carboxylic acids is 2. The summed E-state index contributed by atoms with van der Waals surface area (Å²) in [5.74, 6) is 0.152. The molecule has 2 amide bonds. The van der Waals surface area contributed by atoms with Crippen molar-refractivity contribution < 1.29 is 14.3 Å². The van der Waals surface area contributed by atoms with Crippen LogP contribution in [0.15, 0.2) is 54.2 Å². The number of methoxy groups -OCH3 is 1. The van der Waals surface area contributed by atoms with Gasteiger partial charge in [0.1, 0.15) is 11.4 Å². The topological polar surface area (TPSA) is 49.9 Å². The van der Waals surface area contributed by atoms with Crippen LogP contribution >= 0.6 is 0 Å². The number of ether oxygens (including phenoxy) is 1. The van der Waals surface area contributed by atoms with Crippen LogP contribution in [-0.4, -0.2) is 36.9 Å². The first-order chi connectivity index (χ1) is 13.7. The minimum atomic E-state index is -0.234. The number of hydrogen-bond acceptors (Lipinski definition) is 4. The van der Waals surface area contributed by atoms with E-state index >= 15 is 0 Å². The lowest BCUT2D eigenvalue weighted by Gasteiger charge is -2.22. The van der Waals surface area contributed by atoms with Crippen LogP contribution in [0.1, 0.15) is 30.9 Å². The smallest absolute Gasteiger partial charge is 0.278 e. The molecule has 0 bridgehead atoms. The standard InChI is InChI=1S/C23H24N2O3/c1-3-4-14-25-22(26)20(17-10-6-8-12-19(17)28-2)21(23(25)27)24-15-13-16-9-5-7-11-18(16)24/h5-12H,3-4,13-15H2,1-2H3. The summed E-state index contributed by atoms with van der Waals surface area (Å²) in [7, 11) is 1.58. The fourth-order valence-corrected chi connectivity index (χ4v) is 4.00. The van der Waals surface area contributed by atoms with E-state index < -0.39 is 0 Å². The van der Waals surface area contributed by atoms with Gasteiger partial charge in [0.2, 0.25) is 0 Å². The second-order valence-electron chi connectivity index (χ2n) is 7.07. The van der Waals surface area contributed by atoms with Crippen LogP contribution in [0.5, 0.6) is 5.75 Å². The molecule has 0 radical (unpaired) electrons. The Kier molecular flexibility index (Phi) is 4.90. The summed E-state index contributed by atoms with van der Waals surface area (Å²) in [6.45, 7) is 3.18. The van der Waals surface area contributed by atoms with E-state index in [4.69, 9.17) is 4.74 Å². The van der Waals surface area contributed by atoms with Crippen molar-refractivity contribution in [2.24, 2.45) is 0 Å². The van der Waals surface area contributed by atoms with E-state index in [9.17, 15) is 9.59 Å². The van der Waals surface area contributed by atoms with E-state index in [-0.39, 0.29) is 11.8 Å². The molecule has 5 nitrogen and oxygen atoms in total. The second-order valence-corrected chi connectivity index (χ2v) is 7.07. The van der Waals surface area contributed by atoms with E-state index in [0.29, 0.717) is 35.7 Å². The average Bonchev–Trinajstić information content (AvgIpc) is 3.25. The normalized spacial score (nSPS) is 16.2. The van der Waals surface area contributed by atoms with Crippen LogP contribution in [0.2, 0.25) is 0 Å². The van der Waals surface area contributed by atoms with Gasteiger partial charge in [-0.25, -0.2) is 0 Å². The molecular formula is C23H24N2O3. The Balaban J connectivity index is 1.88. The number of nitrogens with zero attached hydrogens (tertiary/aromatic N) is 2. The Hall–Kier alpha value is -3.08. The fourth-order valence-electron chi connectivity index (χ4n) is 4.00. The van der Waals surface area contributed by atoms with Gasteiger partial charge in [0.15, 0.2) is 0 Å². The van der Waals surface area contributed by atoms with E-state index in [1.165, 1.54) is 10.5 Å². The molecule has 0 N–H and O–H groups in total. The molecule has 2 aliphatic heterocycles. The summed E-state index contributed by atoms with van der Waals surface area (Å²) in [6.07, 6.45) is 2.57. The maximum absolute atomic E-state index is 13.4. The number of fused-ring (bicyclic) bond motifs is 1. The average molecular weight is 376 g/mol. The zero-order valence-electron chi connectivity index (χ0n) is 16.3. The SMILES string of the molecule is CCCCN1C(=O)C(c2ccccc2OC)=C(N2CCc3ccccc32)C1=O. The van der Waals surface area contributed by atoms with Crippen molar-refractivity contribution in [2.75, 3.05) is 25.1 Å². The molecule has 2 aromatic rings. The van der Waals surface area contributed by atoms with Crippen LogP contribution in [0.4, 0.5) is 5.69 Å². The molecule has 2 aromatic carbocycles. The highest BCUT2D eigenvalue weighted by Crippen LogP contribution is 2.40. The lowest BCUT2D eigenvalue weighted by molar-refractivity contribution is -0.136. The van der Waals surface area contributed by atoms with E-state index in [1.54, 1.807) is 7.11 Å². The number of unbranched alkanes of at least 4 members (excludes halogenated alkanes) is 1. The number of anilines is 1. The summed E-state index contributed by atoms with van der Waals surface area (Å²) < 4.78 is 5.50. The Morgan fingerprint density at radius 1 is 1.00 bits per heavy atom. The van der Waals surface area contributed by atoms with Crippen molar-refractivity contribution in [1.29, 1.82) is 0 Å². The molecule has 28 heavy (non-hydrogen) atoms. The number of carbonyl (C=O) groups is 2. The van der Waals surface area contributed by atoms with Gasteiger partial charge in [0, 0.05) is 24.3 Å². The zero-order valence-corrected chi connectivity index (χ0v) is 16.3. The molecule has 2 aliphatic rings. The third kappa shape index (κ3) is 2.87. The molecule has 0 spiro atoms. The molecule has 0 atom stereocenters. The molecule has 0 saturated heterocycles. The summed E-state index contributed by atoms with van der Waals surface area (Å²) in [6, 6.07) is 15.5. The molecule has 144 valence electrons. The van der Waals surface area contributed by atoms with Gasteiger partial charge in [-0.3, -0.25) is 14.5 Å². The summed E-state index contributed by atoms with van der Waals surface area (Å²) in [5.41, 5.74) is 3.78. The third-order valence-corrected chi connectivity index (χ3v) is 5.41. The van der Waals surface area contributed by atoms with Gasteiger partial charge in [0.05, 0.1) is 12.7 Å². The third-order valence-electron chi connectivity index (χ3n) is 5.41. The molecule has 0 saturated carbocycles. The van der Waals surface area contributed by atoms with E-state index in [2.05, 4.69) is 13.0 Å². The minimum absolute atomic E-state index is 0.212. The lowest BCUT2D eigenvalue weighted by Crippen LogP contribution is -2.35. The minimum Gasteiger partial charge on any atom is -0.496 e. The van der Waals surface area contributed by atoms with Gasteiger partial charge >= 0.3 is 0 Å². The molecule has 0 aromatic heterocycles. The molecule has 0 fully saturated rings. The summed E-state index contributed by atoms with van der Waals surface area (Å²) in [4.78, 5) is 30.1. The van der Waals surface area contributed by atoms with Gasteiger partial charge in [-0.2, -0.15) is 0 Å². The number of amides is 2. The highest BCUT2D eigenvalue weighted by Gasteiger charge is 2.43. The fraction of sp³-hybridized carbons (Fsp3) is 0.304. The van der Waals surface area contributed by atoms with E-state index in [1.807, 2.05) is 47.4 Å². The zero-order chi connectivity index (χ0) is 19.7. The Bertz CT molecular complexity index is 964. The highest BCUT2D eigenvalue weighted by molar-refractivity contribution is 6.37. The van der Waals surface area contributed by atoms with Crippen molar-refractivity contribution in [2.45, 2.75) is 26.2 Å². The summed E-state index contributed by atoms with van der Waals surface area (Å²) in [5, 5.41) is 0. The molecular weight excluding hydrogens is 352 g/mol. The Labute approximate surface area is 165 Å². The predicted molar refractivity (Wildman–Crippen MR) is 109 cm³/mol. The first-order valence-corrected chi connectivity index (χ1v) is 9.76. The van der Waals surface area contributed by atoms with Crippen LogP contribution in [0.3, 0.4) is 0 Å². The maximum atomic E-state index is 13.4. The van der Waals surface area contributed by atoms with Crippen molar-refractivity contribution in [3.63, 3.8) is 0 Å². The summed E-state index contributed by atoms with van der Waals surface area (Å²) >= 11 is 0. The molecule has 0 unspecified atom stereocenters. The molecule has 0 aliphatic carbocycles. The number of para-hydroxylation sites is 2. The van der Waals surface area contributed by atoms with Gasteiger partial charge in [0.25, 0.3) is 11.8 Å². The maximum Gasteiger partial charge on any atom is 0.278 e. The van der Waals surface area contributed by atoms with Gasteiger partial charge < -0.3 is 9.64 Å². The van der Waals surface area contributed by atoms with Crippen molar-refractivity contribution in [3.05, 3.63) is 65.4 Å². The second kappa shape index (κ2) is 7.50. The predicted octanol–water partition coefficient (Wildman–Crippen LogP) is 3.64. The van der Waals surface area contributed by atoms with Crippen molar-refractivity contribution >= 4 is 23.1 Å². The number of benzene rings is 2. The molecule has 5 heteroatoms. The lowest BCUT2D eigenvalue weighted by atomic mass is 10.0. The number of rotatable bonds is 6. The quantitative estimate of drug-likeness (QED) is 0.723. The molecule has 4 rings (SSSR count). The first kappa shape index (κ1) is 18.3. The van der Waals surface area contributed by atoms with Gasteiger partial charge in [-0.1, -0.05) is 49.7 Å². The van der Waals surface area contributed by atoms with Gasteiger partial charge in [-0.15, -0.1) is 0 Å². The Morgan fingerprint density at radius 3 is 2.54 bits per heavy atom. The van der Waals surface area contributed by atoms with Crippen LogP contribution in [0.25, 0.3) is 5.57 Å². The van der Waals surface area contributed by atoms with E-state index in [0.717, 1.165) is 24.9 Å². The first-order valence-electron chi connectivity index (χ1n) is 9.76.